The van der Waals surface area contributed by atoms with Crippen molar-refractivity contribution in [3.8, 4) is 0 Å². The van der Waals surface area contributed by atoms with Crippen LogP contribution < -0.4 is 10.0 Å². The minimum atomic E-state index is -3.41. The summed E-state index contributed by atoms with van der Waals surface area (Å²) in [5.74, 6) is -0.368. The van der Waals surface area contributed by atoms with Gasteiger partial charge in [0.15, 0.2) is 0 Å². The molecule has 1 aromatic rings. The number of halogens is 2. The number of sulfonamides is 1. The minimum Gasteiger partial charge on any atom is -0.317 e. The molecule has 0 saturated carbocycles. The van der Waals surface area contributed by atoms with E-state index in [1.807, 2.05) is 0 Å². The number of aryl methyl sites for hydroxylation is 1. The molecule has 1 aromatic carbocycles. The summed E-state index contributed by atoms with van der Waals surface area (Å²) in [6.07, 6.45) is 1.56. The van der Waals surface area contributed by atoms with Gasteiger partial charge in [-0.2, -0.15) is 0 Å². The number of nitrogens with one attached hydrogen (secondary N) is 2. The van der Waals surface area contributed by atoms with Gasteiger partial charge >= 0.3 is 0 Å². The standard InChI is InChI=1S/C13H20BrFN2O2S/c1-3-5-16-6-4-7-20(18,19)17-13-9-11(14)12(15)8-10(13)2/h8-9,16-17H,3-7H2,1-2H3. The molecular formula is C13H20BrFN2O2S. The van der Waals surface area contributed by atoms with Gasteiger partial charge in [-0.15, -0.1) is 0 Å². The average molecular weight is 367 g/mol. The predicted octanol–water partition coefficient (Wildman–Crippen LogP) is 3.03. The van der Waals surface area contributed by atoms with E-state index in [0.29, 0.717) is 24.2 Å². The Hall–Kier alpha value is -0.660. The Bertz CT molecular complexity index is 550. The van der Waals surface area contributed by atoms with Crippen molar-refractivity contribution in [1.82, 2.24) is 5.32 Å². The van der Waals surface area contributed by atoms with Crippen molar-refractivity contribution < 1.29 is 12.8 Å². The van der Waals surface area contributed by atoms with Crippen molar-refractivity contribution >= 4 is 31.6 Å². The number of rotatable bonds is 8. The Kier molecular flexibility index (Phi) is 6.91. The third-order valence-corrected chi connectivity index (χ3v) is 4.69. The average Bonchev–Trinajstić information content (AvgIpc) is 2.35. The second-order valence-corrected chi connectivity index (χ2v) is 7.30. The molecule has 7 heteroatoms. The van der Waals surface area contributed by atoms with Gasteiger partial charge in [0, 0.05) is 0 Å². The molecule has 0 atom stereocenters. The lowest BCUT2D eigenvalue weighted by Crippen LogP contribution is -2.22. The molecule has 0 spiro atoms. The largest absolute Gasteiger partial charge is 0.317 e. The Morgan fingerprint density at radius 3 is 2.65 bits per heavy atom. The lowest BCUT2D eigenvalue weighted by Gasteiger charge is -2.11. The molecule has 114 valence electrons. The molecule has 2 N–H and O–H groups in total. The zero-order valence-electron chi connectivity index (χ0n) is 11.7. The summed E-state index contributed by atoms with van der Waals surface area (Å²) < 4.78 is 39.9. The fraction of sp³-hybridized carbons (Fsp3) is 0.538. The van der Waals surface area contributed by atoms with Gasteiger partial charge in [0.25, 0.3) is 0 Å². The topological polar surface area (TPSA) is 58.2 Å². The fourth-order valence-electron chi connectivity index (χ4n) is 1.66. The first kappa shape index (κ1) is 17.4. The minimum absolute atomic E-state index is 0.0398. The van der Waals surface area contributed by atoms with Crippen LogP contribution in [0.2, 0.25) is 0 Å². The van der Waals surface area contributed by atoms with E-state index in [1.54, 1.807) is 6.92 Å². The Morgan fingerprint density at radius 2 is 2.00 bits per heavy atom. The maximum Gasteiger partial charge on any atom is 0.232 e. The Labute approximate surface area is 128 Å². The molecule has 0 radical (unpaired) electrons. The van der Waals surface area contributed by atoms with Crippen LogP contribution in [0.25, 0.3) is 0 Å². The van der Waals surface area contributed by atoms with Crippen LogP contribution in [0.4, 0.5) is 10.1 Å². The molecule has 0 bridgehead atoms. The van der Waals surface area contributed by atoms with Crippen molar-refractivity contribution in [3.05, 3.63) is 28.0 Å². The molecule has 0 amide bonds. The molecule has 0 aromatic heterocycles. The van der Waals surface area contributed by atoms with E-state index in [4.69, 9.17) is 0 Å². The normalized spacial score (nSPS) is 11.6. The number of benzene rings is 1. The van der Waals surface area contributed by atoms with Crippen molar-refractivity contribution in [2.75, 3.05) is 23.6 Å². The van der Waals surface area contributed by atoms with E-state index in [1.165, 1.54) is 12.1 Å². The highest BCUT2D eigenvalue weighted by molar-refractivity contribution is 9.10. The highest BCUT2D eigenvalue weighted by atomic mass is 79.9. The molecular weight excluding hydrogens is 347 g/mol. The highest BCUT2D eigenvalue weighted by Gasteiger charge is 2.13. The fourth-order valence-corrected chi connectivity index (χ4v) is 3.19. The Balaban J connectivity index is 2.60. The molecule has 1 rings (SSSR count). The van der Waals surface area contributed by atoms with Gasteiger partial charge in [0.1, 0.15) is 5.82 Å². The van der Waals surface area contributed by atoms with Crippen LogP contribution in [0.1, 0.15) is 25.3 Å². The zero-order chi connectivity index (χ0) is 15.2. The summed E-state index contributed by atoms with van der Waals surface area (Å²) in [6, 6.07) is 2.74. The van der Waals surface area contributed by atoms with E-state index in [2.05, 4.69) is 32.9 Å². The molecule has 0 saturated heterocycles. The first-order valence-electron chi connectivity index (χ1n) is 6.52. The van der Waals surface area contributed by atoms with Gasteiger partial charge in [-0.05, 0) is 66.5 Å². The first-order chi connectivity index (χ1) is 9.35. The molecule has 0 aliphatic carbocycles. The van der Waals surface area contributed by atoms with Crippen LogP contribution in [0, 0.1) is 12.7 Å². The Morgan fingerprint density at radius 1 is 1.30 bits per heavy atom. The van der Waals surface area contributed by atoms with Gasteiger partial charge in [-0.3, -0.25) is 4.72 Å². The van der Waals surface area contributed by atoms with Gasteiger partial charge < -0.3 is 5.32 Å². The van der Waals surface area contributed by atoms with E-state index in [9.17, 15) is 12.8 Å². The first-order valence-corrected chi connectivity index (χ1v) is 8.97. The molecule has 0 aliphatic heterocycles. The number of hydrogen-bond donors (Lipinski definition) is 2. The lowest BCUT2D eigenvalue weighted by molar-refractivity contribution is 0.593. The molecule has 0 heterocycles. The smallest absolute Gasteiger partial charge is 0.232 e. The monoisotopic (exact) mass is 366 g/mol. The van der Waals surface area contributed by atoms with Crippen LogP contribution >= 0.6 is 15.9 Å². The second kappa shape index (κ2) is 7.95. The van der Waals surface area contributed by atoms with Gasteiger partial charge in [0.2, 0.25) is 10.0 Å². The maximum atomic E-state index is 13.3. The van der Waals surface area contributed by atoms with E-state index < -0.39 is 15.8 Å². The third kappa shape index (κ3) is 5.76. The van der Waals surface area contributed by atoms with Crippen molar-refractivity contribution in [3.63, 3.8) is 0 Å². The molecule has 0 unspecified atom stereocenters. The summed E-state index contributed by atoms with van der Waals surface area (Å²) in [7, 11) is -3.41. The van der Waals surface area contributed by atoms with Crippen molar-refractivity contribution in [1.29, 1.82) is 0 Å². The summed E-state index contributed by atoms with van der Waals surface area (Å²) in [5.41, 5.74) is 0.957. The zero-order valence-corrected chi connectivity index (χ0v) is 14.1. The molecule has 20 heavy (non-hydrogen) atoms. The van der Waals surface area contributed by atoms with Gasteiger partial charge in [-0.25, -0.2) is 12.8 Å². The van der Waals surface area contributed by atoms with Crippen LogP contribution in [0.5, 0.6) is 0 Å². The van der Waals surface area contributed by atoms with E-state index in [0.717, 1.165) is 13.0 Å². The maximum absolute atomic E-state index is 13.3. The second-order valence-electron chi connectivity index (χ2n) is 4.61. The lowest BCUT2D eigenvalue weighted by atomic mass is 10.2. The quantitative estimate of drug-likeness (QED) is 0.695. The predicted molar refractivity (Wildman–Crippen MR) is 84.0 cm³/mol. The molecule has 0 fully saturated rings. The molecule has 4 nitrogen and oxygen atoms in total. The van der Waals surface area contributed by atoms with E-state index >= 15 is 0 Å². The van der Waals surface area contributed by atoms with Crippen molar-refractivity contribution in [2.45, 2.75) is 26.7 Å². The summed E-state index contributed by atoms with van der Waals surface area (Å²) in [4.78, 5) is 0. The van der Waals surface area contributed by atoms with Crippen molar-refractivity contribution in [2.24, 2.45) is 0 Å². The van der Waals surface area contributed by atoms with Crippen LogP contribution in [-0.4, -0.2) is 27.3 Å². The van der Waals surface area contributed by atoms with Crippen LogP contribution in [0.15, 0.2) is 16.6 Å². The molecule has 0 aliphatic rings. The SMILES string of the molecule is CCCNCCCS(=O)(=O)Nc1cc(Br)c(F)cc1C. The third-order valence-electron chi connectivity index (χ3n) is 2.73. The summed E-state index contributed by atoms with van der Waals surface area (Å²) in [6.45, 7) is 5.27. The van der Waals surface area contributed by atoms with E-state index in [-0.39, 0.29) is 10.2 Å². The van der Waals surface area contributed by atoms with Gasteiger partial charge in [0.05, 0.1) is 15.9 Å². The van der Waals surface area contributed by atoms with Gasteiger partial charge in [-0.1, -0.05) is 6.92 Å². The summed E-state index contributed by atoms with van der Waals surface area (Å²) in [5, 5.41) is 3.15. The van der Waals surface area contributed by atoms with Crippen LogP contribution in [-0.2, 0) is 10.0 Å². The number of anilines is 1. The summed E-state index contributed by atoms with van der Waals surface area (Å²) >= 11 is 3.05. The highest BCUT2D eigenvalue weighted by Crippen LogP contribution is 2.25. The number of hydrogen-bond acceptors (Lipinski definition) is 3. The van der Waals surface area contributed by atoms with Crippen LogP contribution in [0.3, 0.4) is 0 Å².